The Morgan fingerprint density at radius 2 is 1.84 bits per heavy atom. The van der Waals surface area contributed by atoms with Gasteiger partial charge in [0.05, 0.1) is 19.8 Å². The van der Waals surface area contributed by atoms with Gasteiger partial charge >= 0.3 is 6.16 Å². The van der Waals surface area contributed by atoms with E-state index in [9.17, 15) is 4.79 Å². The lowest BCUT2D eigenvalue weighted by molar-refractivity contribution is 0.120. The molecular formula is C19H21ClO5. The van der Waals surface area contributed by atoms with E-state index < -0.39 is 6.16 Å². The molecule has 0 saturated carbocycles. The Morgan fingerprint density at radius 1 is 1.12 bits per heavy atom. The predicted molar refractivity (Wildman–Crippen MR) is 95.9 cm³/mol. The topological polar surface area (TPSA) is 54.0 Å². The van der Waals surface area contributed by atoms with Crippen molar-refractivity contribution in [1.29, 1.82) is 0 Å². The summed E-state index contributed by atoms with van der Waals surface area (Å²) in [6.07, 6.45) is 0.0462. The lowest BCUT2D eigenvalue weighted by atomic mass is 10.1. The SMILES string of the molecule is CCc1cc(C)c(OCc2c(OC)cccc2OC(=O)OC)cc1Cl. The maximum absolute atomic E-state index is 11.4. The van der Waals surface area contributed by atoms with Crippen LogP contribution in [0.15, 0.2) is 30.3 Å². The molecule has 0 aliphatic heterocycles. The average Bonchev–Trinajstić information content (AvgIpc) is 2.62. The molecule has 0 aliphatic rings. The van der Waals surface area contributed by atoms with Crippen molar-refractivity contribution >= 4 is 17.8 Å². The minimum Gasteiger partial charge on any atom is -0.496 e. The molecule has 0 unspecified atom stereocenters. The standard InChI is InChI=1S/C19H21ClO5/c1-5-13-9-12(2)18(10-15(13)20)24-11-14-16(22-3)7-6-8-17(14)25-19(21)23-4/h6-10H,5,11H2,1-4H3. The fraction of sp³-hybridized carbons (Fsp3) is 0.316. The minimum absolute atomic E-state index is 0.152. The predicted octanol–water partition coefficient (Wildman–Crippen LogP) is 4.94. The van der Waals surface area contributed by atoms with Crippen molar-refractivity contribution in [2.75, 3.05) is 14.2 Å². The Balaban J connectivity index is 2.28. The van der Waals surface area contributed by atoms with Crippen LogP contribution >= 0.6 is 11.6 Å². The highest BCUT2D eigenvalue weighted by molar-refractivity contribution is 6.31. The molecule has 0 atom stereocenters. The molecule has 0 heterocycles. The van der Waals surface area contributed by atoms with Gasteiger partial charge in [0, 0.05) is 5.02 Å². The maximum Gasteiger partial charge on any atom is 0.513 e. The van der Waals surface area contributed by atoms with Gasteiger partial charge in [-0.3, -0.25) is 0 Å². The second-order valence-electron chi connectivity index (χ2n) is 5.34. The number of methoxy groups -OCH3 is 2. The highest BCUT2D eigenvalue weighted by Gasteiger charge is 2.16. The van der Waals surface area contributed by atoms with Crippen LogP contribution in [-0.4, -0.2) is 20.4 Å². The quantitative estimate of drug-likeness (QED) is 0.536. The van der Waals surface area contributed by atoms with Crippen LogP contribution in [0.3, 0.4) is 0 Å². The van der Waals surface area contributed by atoms with Gasteiger partial charge in [0.25, 0.3) is 0 Å². The number of aryl methyl sites for hydroxylation is 2. The summed E-state index contributed by atoms with van der Waals surface area (Å²) in [5, 5.41) is 0.661. The molecule has 0 amide bonds. The van der Waals surface area contributed by atoms with Crippen LogP contribution in [0, 0.1) is 6.92 Å². The van der Waals surface area contributed by atoms with Crippen molar-refractivity contribution < 1.29 is 23.7 Å². The summed E-state index contributed by atoms with van der Waals surface area (Å²) in [5.41, 5.74) is 2.65. The molecule has 2 rings (SSSR count). The normalized spacial score (nSPS) is 10.3. The molecule has 0 radical (unpaired) electrons. The number of ether oxygens (including phenoxy) is 4. The van der Waals surface area contributed by atoms with E-state index in [1.54, 1.807) is 31.4 Å². The third-order valence-corrected chi connectivity index (χ3v) is 4.12. The Hall–Kier alpha value is -2.40. The van der Waals surface area contributed by atoms with E-state index in [0.29, 0.717) is 27.8 Å². The number of carbonyl (C=O) groups is 1. The molecule has 25 heavy (non-hydrogen) atoms. The van der Waals surface area contributed by atoms with Crippen LogP contribution in [0.2, 0.25) is 5.02 Å². The lowest BCUT2D eigenvalue weighted by Gasteiger charge is -2.16. The van der Waals surface area contributed by atoms with E-state index in [2.05, 4.69) is 4.74 Å². The van der Waals surface area contributed by atoms with Crippen molar-refractivity contribution in [2.24, 2.45) is 0 Å². The summed E-state index contributed by atoms with van der Waals surface area (Å²) in [6, 6.07) is 8.94. The first-order valence-electron chi connectivity index (χ1n) is 7.83. The largest absolute Gasteiger partial charge is 0.513 e. The zero-order valence-electron chi connectivity index (χ0n) is 14.7. The van der Waals surface area contributed by atoms with Gasteiger partial charge in [0.2, 0.25) is 0 Å². The van der Waals surface area contributed by atoms with Gasteiger partial charge in [-0.1, -0.05) is 30.7 Å². The van der Waals surface area contributed by atoms with Crippen LogP contribution in [-0.2, 0) is 17.8 Å². The first-order valence-corrected chi connectivity index (χ1v) is 8.21. The zero-order chi connectivity index (χ0) is 18.4. The van der Waals surface area contributed by atoms with Crippen LogP contribution in [0.25, 0.3) is 0 Å². The van der Waals surface area contributed by atoms with Gasteiger partial charge in [-0.15, -0.1) is 0 Å². The van der Waals surface area contributed by atoms with E-state index >= 15 is 0 Å². The number of benzene rings is 2. The third kappa shape index (κ3) is 4.57. The Labute approximate surface area is 152 Å². The maximum atomic E-state index is 11.4. The van der Waals surface area contributed by atoms with Crippen molar-refractivity contribution in [1.82, 2.24) is 0 Å². The summed E-state index contributed by atoms with van der Waals surface area (Å²) in [7, 11) is 2.79. The molecular weight excluding hydrogens is 344 g/mol. The Morgan fingerprint density at radius 3 is 2.48 bits per heavy atom. The Kier molecular flexibility index (Phi) is 6.53. The van der Waals surface area contributed by atoms with Crippen molar-refractivity contribution in [3.05, 3.63) is 52.0 Å². The molecule has 2 aromatic rings. The van der Waals surface area contributed by atoms with E-state index in [1.807, 2.05) is 19.9 Å². The smallest absolute Gasteiger partial charge is 0.496 e. The minimum atomic E-state index is -0.805. The molecule has 0 saturated heterocycles. The molecule has 6 heteroatoms. The van der Waals surface area contributed by atoms with Crippen molar-refractivity contribution in [3.63, 3.8) is 0 Å². The van der Waals surface area contributed by atoms with E-state index in [0.717, 1.165) is 17.5 Å². The van der Waals surface area contributed by atoms with Crippen LogP contribution in [0.5, 0.6) is 17.2 Å². The van der Waals surface area contributed by atoms with Gasteiger partial charge in [-0.25, -0.2) is 4.79 Å². The third-order valence-electron chi connectivity index (χ3n) is 3.77. The summed E-state index contributed by atoms with van der Waals surface area (Å²) in [6.45, 7) is 4.16. The second kappa shape index (κ2) is 8.62. The number of halogens is 1. The summed E-state index contributed by atoms with van der Waals surface area (Å²) in [5.74, 6) is 1.53. The summed E-state index contributed by atoms with van der Waals surface area (Å²) < 4.78 is 21.0. The van der Waals surface area contributed by atoms with E-state index in [4.69, 9.17) is 25.8 Å². The van der Waals surface area contributed by atoms with E-state index in [1.165, 1.54) is 7.11 Å². The van der Waals surface area contributed by atoms with Crippen LogP contribution < -0.4 is 14.2 Å². The van der Waals surface area contributed by atoms with E-state index in [-0.39, 0.29) is 6.61 Å². The van der Waals surface area contributed by atoms with Gasteiger partial charge in [0.1, 0.15) is 23.9 Å². The molecule has 2 aromatic carbocycles. The summed E-state index contributed by atoms with van der Waals surface area (Å²) >= 11 is 6.27. The second-order valence-corrected chi connectivity index (χ2v) is 5.75. The molecule has 0 aliphatic carbocycles. The molecule has 5 nitrogen and oxygen atoms in total. The number of hydrogen-bond donors (Lipinski definition) is 0. The summed E-state index contributed by atoms with van der Waals surface area (Å²) in [4.78, 5) is 11.4. The Bertz CT molecular complexity index is 758. The average molecular weight is 365 g/mol. The monoisotopic (exact) mass is 364 g/mol. The molecule has 0 bridgehead atoms. The highest BCUT2D eigenvalue weighted by atomic mass is 35.5. The van der Waals surface area contributed by atoms with Crippen molar-refractivity contribution in [2.45, 2.75) is 26.9 Å². The fourth-order valence-electron chi connectivity index (χ4n) is 2.41. The number of hydrogen-bond acceptors (Lipinski definition) is 5. The van der Waals surface area contributed by atoms with Gasteiger partial charge < -0.3 is 18.9 Å². The zero-order valence-corrected chi connectivity index (χ0v) is 15.5. The van der Waals surface area contributed by atoms with Crippen LogP contribution in [0.1, 0.15) is 23.6 Å². The fourth-order valence-corrected chi connectivity index (χ4v) is 2.69. The first-order chi connectivity index (χ1) is 12.0. The first kappa shape index (κ1) is 18.9. The lowest BCUT2D eigenvalue weighted by Crippen LogP contribution is -2.10. The highest BCUT2D eigenvalue weighted by Crippen LogP contribution is 2.32. The number of carbonyl (C=O) groups excluding carboxylic acids is 1. The van der Waals surface area contributed by atoms with Gasteiger partial charge in [-0.2, -0.15) is 0 Å². The molecule has 0 fully saturated rings. The molecule has 134 valence electrons. The van der Waals surface area contributed by atoms with Gasteiger partial charge in [0.15, 0.2) is 0 Å². The van der Waals surface area contributed by atoms with Crippen molar-refractivity contribution in [3.8, 4) is 17.2 Å². The number of rotatable bonds is 6. The molecule has 0 N–H and O–H groups in total. The van der Waals surface area contributed by atoms with Crippen LogP contribution in [0.4, 0.5) is 4.79 Å². The van der Waals surface area contributed by atoms with Gasteiger partial charge in [-0.05, 0) is 42.7 Å². The molecule has 0 spiro atoms. The molecule has 0 aromatic heterocycles.